The summed E-state index contributed by atoms with van der Waals surface area (Å²) in [4.78, 5) is 12.6. The van der Waals surface area contributed by atoms with Crippen molar-refractivity contribution in [3.05, 3.63) is 93.0 Å². The van der Waals surface area contributed by atoms with E-state index in [1.54, 1.807) is 36.4 Å². The molecule has 0 fully saturated rings. The highest BCUT2D eigenvalue weighted by Gasteiger charge is 2.50. The number of ether oxygens (including phenoxy) is 1. The third-order valence-electron chi connectivity index (χ3n) is 4.42. The quantitative estimate of drug-likeness (QED) is 0.616. The van der Waals surface area contributed by atoms with E-state index < -0.39 is 11.6 Å². The fourth-order valence-electron chi connectivity index (χ4n) is 3.35. The van der Waals surface area contributed by atoms with Gasteiger partial charge in [0.25, 0.3) is 0 Å². The number of fused-ring (bicyclic) bond motifs is 1. The van der Waals surface area contributed by atoms with Gasteiger partial charge in [-0.3, -0.25) is 0 Å². The Morgan fingerprint density at radius 1 is 0.846 bits per heavy atom. The Kier molecular flexibility index (Phi) is 3.83. The monoisotopic (exact) mass is 386 g/mol. The molecule has 0 saturated carbocycles. The summed E-state index contributed by atoms with van der Waals surface area (Å²) in [5.74, 6) is -0.527. The molecule has 26 heavy (non-hydrogen) atoms. The molecule has 1 aliphatic rings. The van der Waals surface area contributed by atoms with Gasteiger partial charge in [-0.15, -0.1) is 0 Å². The van der Waals surface area contributed by atoms with Crippen molar-refractivity contribution in [1.82, 2.24) is 0 Å². The summed E-state index contributed by atoms with van der Waals surface area (Å²) in [6.07, 6.45) is 0. The van der Waals surface area contributed by atoms with E-state index in [-0.39, 0.29) is 21.5 Å². The Morgan fingerprint density at radius 3 is 2.12 bits per heavy atom. The second-order valence-electron chi connectivity index (χ2n) is 5.95. The maximum Gasteiger partial charge on any atom is 0.340 e. The molecule has 3 aromatic rings. The molecule has 1 unspecified atom stereocenters. The molecule has 1 aliphatic heterocycles. The Balaban J connectivity index is 2.12. The summed E-state index contributed by atoms with van der Waals surface area (Å²) in [6, 6.07) is 15.9. The van der Waals surface area contributed by atoms with E-state index in [2.05, 4.69) is 0 Å². The molecule has 1 atom stereocenters. The SMILES string of the molecule is O=C1OC(c2ccc(O)cc2)(c2c(Cl)cc(O)cc2Cl)c2ccccc21. The molecule has 0 spiro atoms. The van der Waals surface area contributed by atoms with Gasteiger partial charge in [-0.05, 0) is 30.3 Å². The fraction of sp³-hybridized carbons (Fsp3) is 0.0500. The summed E-state index contributed by atoms with van der Waals surface area (Å²) in [5, 5.41) is 19.8. The second kappa shape index (κ2) is 5.94. The van der Waals surface area contributed by atoms with E-state index in [0.29, 0.717) is 22.3 Å². The van der Waals surface area contributed by atoms with Crippen molar-refractivity contribution in [2.24, 2.45) is 0 Å². The Morgan fingerprint density at radius 2 is 1.46 bits per heavy atom. The summed E-state index contributed by atoms with van der Waals surface area (Å²) in [6.45, 7) is 0. The van der Waals surface area contributed by atoms with E-state index in [1.165, 1.54) is 24.3 Å². The van der Waals surface area contributed by atoms with Gasteiger partial charge < -0.3 is 14.9 Å². The van der Waals surface area contributed by atoms with Crippen molar-refractivity contribution in [3.63, 3.8) is 0 Å². The Bertz CT molecular complexity index is 1010. The number of benzene rings is 3. The highest BCUT2D eigenvalue weighted by Crippen LogP contribution is 2.52. The lowest BCUT2D eigenvalue weighted by Crippen LogP contribution is -2.30. The molecule has 1 heterocycles. The molecule has 2 N–H and O–H groups in total. The number of halogens is 2. The molecule has 0 saturated heterocycles. The summed E-state index contributed by atoms with van der Waals surface area (Å²) < 4.78 is 5.86. The predicted octanol–water partition coefficient (Wildman–Crippen LogP) is 4.87. The second-order valence-corrected chi connectivity index (χ2v) is 6.76. The molecule has 0 aliphatic carbocycles. The van der Waals surface area contributed by atoms with Gasteiger partial charge in [-0.1, -0.05) is 53.5 Å². The number of carbonyl (C=O) groups excluding carboxylic acids is 1. The Hall–Kier alpha value is -2.69. The van der Waals surface area contributed by atoms with Gasteiger partial charge in [0.15, 0.2) is 5.60 Å². The standard InChI is InChI=1S/C20H12Cl2O4/c21-16-9-13(24)10-17(22)18(16)20(11-5-7-12(23)8-6-11)15-4-2-1-3-14(15)19(25)26-20/h1-10,23-24H. The van der Waals surface area contributed by atoms with E-state index in [1.807, 2.05) is 0 Å². The van der Waals surface area contributed by atoms with Gasteiger partial charge in [0.2, 0.25) is 0 Å². The molecule has 0 bridgehead atoms. The maximum atomic E-state index is 12.6. The lowest BCUT2D eigenvalue weighted by atomic mass is 9.79. The molecule has 0 aromatic heterocycles. The van der Waals surface area contributed by atoms with Gasteiger partial charge in [0.1, 0.15) is 11.5 Å². The zero-order valence-corrected chi connectivity index (χ0v) is 14.8. The first-order chi connectivity index (χ1) is 12.4. The first kappa shape index (κ1) is 16.8. The zero-order chi connectivity index (χ0) is 18.5. The van der Waals surface area contributed by atoms with E-state index >= 15 is 0 Å². The molecule has 0 amide bonds. The van der Waals surface area contributed by atoms with E-state index in [9.17, 15) is 15.0 Å². The number of hydrogen-bond donors (Lipinski definition) is 2. The lowest BCUT2D eigenvalue weighted by molar-refractivity contribution is 0.0252. The number of phenolic OH excluding ortho intramolecular Hbond substituents is 2. The van der Waals surface area contributed by atoms with E-state index in [4.69, 9.17) is 27.9 Å². The van der Waals surface area contributed by atoms with Crippen molar-refractivity contribution < 1.29 is 19.7 Å². The van der Waals surface area contributed by atoms with Gasteiger partial charge in [0.05, 0.1) is 15.6 Å². The smallest absolute Gasteiger partial charge is 0.340 e. The fourth-order valence-corrected chi connectivity index (χ4v) is 4.10. The van der Waals surface area contributed by atoms with Crippen molar-refractivity contribution in [1.29, 1.82) is 0 Å². The average Bonchev–Trinajstić information content (AvgIpc) is 2.89. The van der Waals surface area contributed by atoms with Crippen LogP contribution in [0, 0.1) is 0 Å². The van der Waals surface area contributed by atoms with Crippen LogP contribution in [0.15, 0.2) is 60.7 Å². The van der Waals surface area contributed by atoms with Crippen molar-refractivity contribution in [2.75, 3.05) is 0 Å². The number of cyclic esters (lactones) is 1. The van der Waals surface area contributed by atoms with Crippen LogP contribution in [0.2, 0.25) is 10.0 Å². The molecule has 4 nitrogen and oxygen atoms in total. The van der Waals surface area contributed by atoms with Gasteiger partial charge in [-0.2, -0.15) is 0 Å². The van der Waals surface area contributed by atoms with Crippen LogP contribution >= 0.6 is 23.2 Å². The summed E-state index contributed by atoms with van der Waals surface area (Å²) in [5.41, 5.74) is 0.528. The highest BCUT2D eigenvalue weighted by molar-refractivity contribution is 6.36. The van der Waals surface area contributed by atoms with Crippen LogP contribution in [-0.4, -0.2) is 16.2 Å². The third kappa shape index (κ3) is 2.34. The normalized spacial score (nSPS) is 18.5. The molecule has 130 valence electrons. The van der Waals surface area contributed by atoms with Crippen LogP contribution in [-0.2, 0) is 10.3 Å². The Labute approximate surface area is 159 Å². The first-order valence-corrected chi connectivity index (χ1v) is 8.50. The van der Waals surface area contributed by atoms with Gasteiger partial charge >= 0.3 is 5.97 Å². The lowest BCUT2D eigenvalue weighted by Gasteiger charge is -2.31. The highest BCUT2D eigenvalue weighted by atomic mass is 35.5. The third-order valence-corrected chi connectivity index (χ3v) is 5.02. The number of esters is 1. The summed E-state index contributed by atoms with van der Waals surface area (Å²) >= 11 is 12.8. The van der Waals surface area contributed by atoms with Crippen molar-refractivity contribution in [3.8, 4) is 11.5 Å². The topological polar surface area (TPSA) is 66.8 Å². The minimum atomic E-state index is -1.39. The van der Waals surface area contributed by atoms with Gasteiger partial charge in [0, 0.05) is 16.7 Å². The number of aromatic hydroxyl groups is 2. The number of phenols is 2. The van der Waals surface area contributed by atoms with Crippen molar-refractivity contribution in [2.45, 2.75) is 5.60 Å². The molecule has 3 aromatic carbocycles. The minimum absolute atomic E-state index is 0.0735. The number of hydrogen-bond acceptors (Lipinski definition) is 4. The maximum absolute atomic E-state index is 12.6. The molecular formula is C20H12Cl2O4. The van der Waals surface area contributed by atoms with Crippen LogP contribution in [0.3, 0.4) is 0 Å². The van der Waals surface area contributed by atoms with Crippen LogP contribution < -0.4 is 0 Å². The first-order valence-electron chi connectivity index (χ1n) is 7.74. The van der Waals surface area contributed by atoms with Gasteiger partial charge in [-0.25, -0.2) is 4.79 Å². The number of carbonyl (C=O) groups is 1. The largest absolute Gasteiger partial charge is 0.508 e. The van der Waals surface area contributed by atoms with E-state index in [0.717, 1.165) is 0 Å². The molecule has 4 rings (SSSR count). The zero-order valence-electron chi connectivity index (χ0n) is 13.2. The number of rotatable bonds is 2. The average molecular weight is 387 g/mol. The van der Waals surface area contributed by atoms with Crippen LogP contribution in [0.4, 0.5) is 0 Å². The van der Waals surface area contributed by atoms with Crippen molar-refractivity contribution >= 4 is 29.2 Å². The molecule has 0 radical (unpaired) electrons. The summed E-state index contributed by atoms with van der Waals surface area (Å²) in [7, 11) is 0. The van der Waals surface area contributed by atoms with Crippen LogP contribution in [0.5, 0.6) is 11.5 Å². The molecular weight excluding hydrogens is 375 g/mol. The van der Waals surface area contributed by atoms with Crippen LogP contribution in [0.1, 0.15) is 27.0 Å². The predicted molar refractivity (Wildman–Crippen MR) is 98.0 cm³/mol. The van der Waals surface area contributed by atoms with Crippen LogP contribution in [0.25, 0.3) is 0 Å². The minimum Gasteiger partial charge on any atom is -0.508 e. The molecule has 6 heteroatoms.